The molecule has 74 heavy (non-hydrogen) atoms. The third-order valence-electron chi connectivity index (χ3n) is 17.1. The van der Waals surface area contributed by atoms with E-state index < -0.39 is 171 Å². The van der Waals surface area contributed by atoms with E-state index >= 15 is 0 Å². The Bertz CT molecular complexity index is 1870. The number of aliphatic hydroxyl groups is 12. The van der Waals surface area contributed by atoms with Gasteiger partial charge in [-0.1, -0.05) is 39.3 Å². The first-order valence-corrected chi connectivity index (χ1v) is 25.6. The number of methoxy groups -OCH3 is 1. The van der Waals surface area contributed by atoms with Gasteiger partial charge in [0.25, 0.3) is 6.29 Å². The van der Waals surface area contributed by atoms with Crippen LogP contribution >= 0.6 is 0 Å². The number of carbonyl (C=O) groups excluding carboxylic acids is 2. The SMILES string of the molecule is C=C1C[C@@]23CC[C@H]4[C@@](C)(CCC[C@@]4(C)C(=O)OC(OC(COC(=O)CC(=O)O)[C@H](C)O)C(O)O)[C@@H]2CC[C@]1(CC1OC(CO)C(O)C(OC(OC(CO)[C@H](C)O)C(O)O)C1OC(OC)C(O)C(O)C(O)C(C)C)C3. The van der Waals surface area contributed by atoms with Gasteiger partial charge in [0, 0.05) is 7.11 Å². The van der Waals surface area contributed by atoms with E-state index in [0.717, 1.165) is 12.0 Å². The summed E-state index contributed by atoms with van der Waals surface area (Å²) in [6.45, 7) is 12.2. The van der Waals surface area contributed by atoms with E-state index in [-0.39, 0.29) is 23.7 Å². The molecular formula is C50H84O24. The number of carboxylic acid groups (broad SMARTS) is 1. The normalized spacial score (nSPS) is 36.2. The first-order valence-electron chi connectivity index (χ1n) is 25.6. The van der Waals surface area contributed by atoms with Crippen LogP contribution in [0.5, 0.6) is 0 Å². The van der Waals surface area contributed by atoms with Gasteiger partial charge in [-0.25, -0.2) is 0 Å². The Labute approximate surface area is 431 Å². The molecule has 1 spiro atoms. The lowest BCUT2D eigenvalue weighted by Crippen LogP contribution is -2.64. The minimum absolute atomic E-state index is 0.0331. The molecular weight excluding hydrogens is 985 g/mol. The summed E-state index contributed by atoms with van der Waals surface area (Å²) in [7, 11) is 1.17. The van der Waals surface area contributed by atoms with Crippen LogP contribution in [0.15, 0.2) is 12.2 Å². The number of ether oxygens (including phenoxy) is 8. The molecule has 0 aromatic rings. The van der Waals surface area contributed by atoms with Crippen LogP contribution in [0, 0.1) is 39.4 Å². The maximum atomic E-state index is 14.5. The van der Waals surface area contributed by atoms with Crippen LogP contribution in [0.2, 0.25) is 0 Å². The number of rotatable bonds is 27. The monoisotopic (exact) mass is 1070 g/mol. The maximum Gasteiger partial charge on any atom is 0.317 e. The second-order valence-corrected chi connectivity index (χ2v) is 22.4. The molecule has 5 fully saturated rings. The van der Waals surface area contributed by atoms with Crippen LogP contribution in [0.1, 0.15) is 112 Å². The smallest absolute Gasteiger partial charge is 0.317 e. The second kappa shape index (κ2) is 25.5. The van der Waals surface area contributed by atoms with Gasteiger partial charge in [0.05, 0.1) is 43.0 Å². The maximum absolute atomic E-state index is 14.5. The Morgan fingerprint density at radius 2 is 1.36 bits per heavy atom. The molecule has 428 valence electrons. The summed E-state index contributed by atoms with van der Waals surface area (Å²) in [6.07, 6.45) is -24.3. The summed E-state index contributed by atoms with van der Waals surface area (Å²) in [5.74, 6) is -4.10. The van der Waals surface area contributed by atoms with Gasteiger partial charge in [0.15, 0.2) is 6.29 Å². The van der Waals surface area contributed by atoms with Crippen molar-refractivity contribution in [1.82, 2.24) is 0 Å². The molecule has 0 radical (unpaired) electrons. The minimum atomic E-state index is -2.42. The fourth-order valence-corrected chi connectivity index (χ4v) is 13.3. The van der Waals surface area contributed by atoms with Crippen molar-refractivity contribution in [2.45, 2.75) is 217 Å². The van der Waals surface area contributed by atoms with Crippen molar-refractivity contribution in [2.75, 3.05) is 26.9 Å². The minimum Gasteiger partial charge on any atom is -0.481 e. The van der Waals surface area contributed by atoms with Gasteiger partial charge in [-0.05, 0) is 113 Å². The van der Waals surface area contributed by atoms with E-state index in [1.54, 1.807) is 20.8 Å². The lowest BCUT2D eigenvalue weighted by Gasteiger charge is -2.64. The summed E-state index contributed by atoms with van der Waals surface area (Å²) < 4.78 is 46.3. The highest BCUT2D eigenvalue weighted by atomic mass is 16.8. The van der Waals surface area contributed by atoms with Crippen LogP contribution < -0.4 is 0 Å². The van der Waals surface area contributed by atoms with E-state index in [0.29, 0.717) is 51.4 Å². The lowest BCUT2D eigenvalue weighted by atomic mass is 9.40. The van der Waals surface area contributed by atoms with E-state index in [4.69, 9.17) is 43.0 Å². The van der Waals surface area contributed by atoms with Gasteiger partial charge in [-0.2, -0.15) is 0 Å². The highest BCUT2D eigenvalue weighted by molar-refractivity contribution is 5.90. The van der Waals surface area contributed by atoms with Crippen molar-refractivity contribution >= 4 is 17.9 Å². The van der Waals surface area contributed by atoms with Crippen molar-refractivity contribution in [2.24, 2.45) is 39.4 Å². The fourth-order valence-electron chi connectivity index (χ4n) is 13.3. The summed E-state index contributed by atoms with van der Waals surface area (Å²) in [6, 6.07) is 0. The molecule has 24 heteroatoms. The van der Waals surface area contributed by atoms with Crippen molar-refractivity contribution in [1.29, 1.82) is 0 Å². The third-order valence-corrected chi connectivity index (χ3v) is 17.1. The predicted molar refractivity (Wildman–Crippen MR) is 252 cm³/mol. The molecule has 5 rings (SSSR count). The molecule has 4 aliphatic carbocycles. The number of fused-ring (bicyclic) bond motifs is 3. The molecule has 0 amide bonds. The highest BCUT2D eigenvalue weighted by Gasteiger charge is 2.69. The van der Waals surface area contributed by atoms with E-state index in [1.165, 1.54) is 21.0 Å². The predicted octanol–water partition coefficient (Wildman–Crippen LogP) is -1.32. The fraction of sp³-hybridized carbons (Fsp3) is 0.900. The lowest BCUT2D eigenvalue weighted by molar-refractivity contribution is -0.354. The van der Waals surface area contributed by atoms with Gasteiger partial charge in [0.2, 0.25) is 18.9 Å². The van der Waals surface area contributed by atoms with Crippen LogP contribution in [0.3, 0.4) is 0 Å². The molecule has 2 bridgehead atoms. The van der Waals surface area contributed by atoms with Gasteiger partial charge in [0.1, 0.15) is 61.9 Å². The quantitative estimate of drug-likeness (QED) is 0.0196. The van der Waals surface area contributed by atoms with Crippen LogP contribution in [-0.4, -0.2) is 216 Å². The Kier molecular flexibility index (Phi) is 21.4. The zero-order chi connectivity index (χ0) is 55.4. The number of carbonyl (C=O) groups is 3. The van der Waals surface area contributed by atoms with Crippen molar-refractivity contribution in [3.05, 3.63) is 12.2 Å². The largest absolute Gasteiger partial charge is 0.481 e. The number of esters is 2. The molecule has 1 heterocycles. The molecule has 24 nitrogen and oxygen atoms in total. The molecule has 0 aromatic heterocycles. The van der Waals surface area contributed by atoms with E-state index in [2.05, 4.69) is 13.5 Å². The standard InChI is InChI=1S/C50H84O24/c1-23(2)35(58)37(60)38(61)43(67-8)72-39-27(69-29(20-52)36(59)40(39)73-44(41(62)63)70-28(19-51)25(4)53)18-49-14-11-32-47(6)12-9-13-48(7,31(47)10-15-50(32,22-49)17-24(49)3)46(66)74-45(42(64)65)71-30(26(5)54)21-68-34(57)16-33(55)56/h23,25-32,35-45,51-54,58-65H,3,9-22H2,1-2,4-8H3,(H,55,56)/t25-,26-,27?,28?,29?,30?,31-,32-,35?,36?,37?,38?,39?,40?,43?,44?,45?,47+,48+,49-,50+/m0/s1. The Morgan fingerprint density at radius 3 is 1.92 bits per heavy atom. The number of hydrogen-bond acceptors (Lipinski definition) is 23. The molecule has 4 saturated carbocycles. The van der Waals surface area contributed by atoms with Gasteiger partial charge >= 0.3 is 17.9 Å². The zero-order valence-corrected chi connectivity index (χ0v) is 43.5. The number of carboxylic acids is 1. The Morgan fingerprint density at radius 1 is 0.757 bits per heavy atom. The van der Waals surface area contributed by atoms with Crippen molar-refractivity contribution in [3.63, 3.8) is 0 Å². The van der Waals surface area contributed by atoms with E-state index in [9.17, 15) is 75.7 Å². The Hall–Kier alpha value is -2.57. The molecule has 0 aromatic carbocycles. The first-order chi connectivity index (χ1) is 34.5. The number of hydrogen-bond donors (Lipinski definition) is 13. The Balaban J connectivity index is 1.44. The van der Waals surface area contributed by atoms with Gasteiger partial charge in [-0.3, -0.25) is 14.4 Å². The highest BCUT2D eigenvalue weighted by Crippen LogP contribution is 2.75. The average Bonchev–Trinajstić information content (AvgIpc) is 3.52. The summed E-state index contributed by atoms with van der Waals surface area (Å²) >= 11 is 0. The molecule has 5 aliphatic rings. The van der Waals surface area contributed by atoms with Crippen LogP contribution in [0.4, 0.5) is 0 Å². The third kappa shape index (κ3) is 13.3. The van der Waals surface area contributed by atoms with Crippen LogP contribution in [0.25, 0.3) is 0 Å². The first kappa shape index (κ1) is 62.3. The molecule has 13 unspecified atom stereocenters. The van der Waals surface area contributed by atoms with Crippen molar-refractivity contribution < 1.29 is 119 Å². The number of allylic oxidation sites excluding steroid dienone is 1. The van der Waals surface area contributed by atoms with Crippen molar-refractivity contribution in [3.8, 4) is 0 Å². The van der Waals surface area contributed by atoms with E-state index in [1.807, 2.05) is 0 Å². The summed E-state index contributed by atoms with van der Waals surface area (Å²) in [5, 5.41) is 137. The summed E-state index contributed by atoms with van der Waals surface area (Å²) in [4.78, 5) is 37.3. The number of aliphatic hydroxyl groups excluding tert-OH is 10. The number of aliphatic carboxylic acids is 1. The summed E-state index contributed by atoms with van der Waals surface area (Å²) in [5.41, 5.74) is -1.77. The molecule has 13 N–H and O–H groups in total. The molecule has 1 aliphatic heterocycles. The van der Waals surface area contributed by atoms with Gasteiger partial charge in [-0.15, -0.1) is 0 Å². The molecule has 21 atom stereocenters. The average molecular weight is 1070 g/mol. The van der Waals surface area contributed by atoms with Gasteiger partial charge < -0.3 is 104 Å². The van der Waals surface area contributed by atoms with Crippen LogP contribution in [-0.2, 0) is 52.3 Å². The second-order valence-electron chi connectivity index (χ2n) is 22.4. The molecule has 1 saturated heterocycles. The topological polar surface area (TPSA) is 388 Å². The zero-order valence-electron chi connectivity index (χ0n) is 43.5.